The number of anilines is 1. The summed E-state index contributed by atoms with van der Waals surface area (Å²) < 4.78 is 7.48. The number of hydrogen-bond acceptors (Lipinski definition) is 4. The molecule has 0 aliphatic carbocycles. The minimum absolute atomic E-state index is 0.0684. The number of nitrogens with one attached hydrogen (secondary N) is 1. The monoisotopic (exact) mass is 337 g/mol. The number of oxazole rings is 1. The summed E-state index contributed by atoms with van der Waals surface area (Å²) in [6.45, 7) is 5.40. The second kappa shape index (κ2) is 6.08. The smallest absolute Gasteiger partial charge is 0.321 e. The van der Waals surface area contributed by atoms with Crippen LogP contribution in [0.5, 0.6) is 0 Å². The van der Waals surface area contributed by atoms with Gasteiger partial charge in [0, 0.05) is 42.8 Å². The number of aromatic nitrogens is 3. The molecule has 4 rings (SSSR count). The van der Waals surface area contributed by atoms with Crippen molar-refractivity contribution in [2.45, 2.75) is 19.8 Å². The predicted octanol–water partition coefficient (Wildman–Crippen LogP) is 3.18. The Balaban J connectivity index is 1.71. The van der Waals surface area contributed by atoms with Gasteiger partial charge >= 0.3 is 6.03 Å². The molecule has 3 aromatic rings. The van der Waals surface area contributed by atoms with E-state index in [-0.39, 0.29) is 11.9 Å². The second-order valence-corrected chi connectivity index (χ2v) is 6.25. The maximum absolute atomic E-state index is 11.9. The maximum Gasteiger partial charge on any atom is 0.321 e. The first-order valence-electron chi connectivity index (χ1n) is 8.28. The fourth-order valence-corrected chi connectivity index (χ4v) is 2.89. The van der Waals surface area contributed by atoms with Crippen molar-refractivity contribution in [2.24, 2.45) is 0 Å². The quantitative estimate of drug-likeness (QED) is 0.793. The van der Waals surface area contributed by atoms with E-state index in [1.807, 2.05) is 48.9 Å². The molecule has 0 unspecified atom stereocenters. The van der Waals surface area contributed by atoms with Gasteiger partial charge in [0.15, 0.2) is 11.7 Å². The zero-order chi connectivity index (χ0) is 17.4. The minimum atomic E-state index is -0.0684. The molecular formula is C18H19N5O2. The first-order valence-corrected chi connectivity index (χ1v) is 8.28. The van der Waals surface area contributed by atoms with Crippen LogP contribution in [0.1, 0.15) is 25.7 Å². The average molecular weight is 337 g/mol. The van der Waals surface area contributed by atoms with Crippen molar-refractivity contribution < 1.29 is 9.21 Å². The lowest BCUT2D eigenvalue weighted by Gasteiger charge is -2.16. The third kappa shape index (κ3) is 2.77. The van der Waals surface area contributed by atoms with E-state index < -0.39 is 0 Å². The molecule has 1 fully saturated rings. The maximum atomic E-state index is 11.9. The van der Waals surface area contributed by atoms with Gasteiger partial charge in [0.05, 0.1) is 0 Å². The molecule has 0 saturated carbocycles. The molecule has 1 aromatic carbocycles. The van der Waals surface area contributed by atoms with E-state index in [0.29, 0.717) is 30.5 Å². The molecular weight excluding hydrogens is 318 g/mol. The molecule has 0 radical (unpaired) electrons. The molecule has 128 valence electrons. The van der Waals surface area contributed by atoms with Crippen LogP contribution in [-0.4, -0.2) is 33.7 Å². The van der Waals surface area contributed by atoms with E-state index in [0.717, 1.165) is 11.4 Å². The third-order valence-electron chi connectivity index (χ3n) is 4.16. The lowest BCUT2D eigenvalue weighted by molar-refractivity contribution is 0.252. The van der Waals surface area contributed by atoms with Crippen LogP contribution in [0.4, 0.5) is 10.5 Å². The number of imidazole rings is 1. The Hall–Kier alpha value is -3.09. The first-order chi connectivity index (χ1) is 12.1. The van der Waals surface area contributed by atoms with Gasteiger partial charge in [-0.15, -0.1) is 0 Å². The number of benzene rings is 1. The standard InChI is InChI=1S/C18H19N5O2/c1-12(2)17-21-15(11-25-17)16-19-6-8-22(16)13-4-3-5-14(10-13)23-9-7-20-18(23)24/h3-6,8,10-12H,7,9H2,1-2H3,(H,20,24). The molecule has 0 bridgehead atoms. The minimum Gasteiger partial charge on any atom is -0.448 e. The van der Waals surface area contributed by atoms with Gasteiger partial charge in [-0.1, -0.05) is 19.9 Å². The van der Waals surface area contributed by atoms with Crippen LogP contribution >= 0.6 is 0 Å². The summed E-state index contributed by atoms with van der Waals surface area (Å²) in [4.78, 5) is 22.6. The van der Waals surface area contributed by atoms with Gasteiger partial charge in [0.25, 0.3) is 0 Å². The van der Waals surface area contributed by atoms with E-state index in [1.165, 1.54) is 0 Å². The lowest BCUT2D eigenvalue weighted by atomic mass is 10.2. The van der Waals surface area contributed by atoms with E-state index in [4.69, 9.17) is 4.42 Å². The molecule has 2 aromatic heterocycles. The number of carbonyl (C=O) groups is 1. The molecule has 2 amide bonds. The van der Waals surface area contributed by atoms with Gasteiger partial charge < -0.3 is 9.73 Å². The molecule has 1 N–H and O–H groups in total. The summed E-state index contributed by atoms with van der Waals surface area (Å²) >= 11 is 0. The van der Waals surface area contributed by atoms with E-state index in [9.17, 15) is 4.79 Å². The van der Waals surface area contributed by atoms with Crippen molar-refractivity contribution in [3.63, 3.8) is 0 Å². The Morgan fingerprint density at radius 2 is 2.12 bits per heavy atom. The Morgan fingerprint density at radius 1 is 1.28 bits per heavy atom. The van der Waals surface area contributed by atoms with Crippen LogP contribution in [0.15, 0.2) is 47.3 Å². The van der Waals surface area contributed by atoms with Crippen LogP contribution in [0.2, 0.25) is 0 Å². The van der Waals surface area contributed by atoms with Crippen LogP contribution < -0.4 is 10.2 Å². The molecule has 0 atom stereocenters. The summed E-state index contributed by atoms with van der Waals surface area (Å²) in [6.07, 6.45) is 5.24. The van der Waals surface area contributed by atoms with E-state index in [1.54, 1.807) is 17.4 Å². The largest absolute Gasteiger partial charge is 0.448 e. The fraction of sp³-hybridized carbons (Fsp3) is 0.278. The number of carbonyl (C=O) groups excluding carboxylic acids is 1. The van der Waals surface area contributed by atoms with Crippen molar-refractivity contribution in [1.82, 2.24) is 19.9 Å². The molecule has 7 nitrogen and oxygen atoms in total. The first kappa shape index (κ1) is 15.4. The highest BCUT2D eigenvalue weighted by molar-refractivity contribution is 5.94. The zero-order valence-electron chi connectivity index (χ0n) is 14.1. The van der Waals surface area contributed by atoms with E-state index in [2.05, 4.69) is 15.3 Å². The van der Waals surface area contributed by atoms with Crippen molar-refractivity contribution in [2.75, 3.05) is 18.0 Å². The van der Waals surface area contributed by atoms with Gasteiger partial charge in [-0.05, 0) is 18.2 Å². The summed E-state index contributed by atoms with van der Waals surface area (Å²) in [7, 11) is 0. The number of amides is 2. The Labute approximate surface area is 145 Å². The second-order valence-electron chi connectivity index (χ2n) is 6.25. The van der Waals surface area contributed by atoms with Gasteiger partial charge in [-0.25, -0.2) is 14.8 Å². The third-order valence-corrected chi connectivity index (χ3v) is 4.16. The average Bonchev–Trinajstić information content (AvgIpc) is 3.34. The number of nitrogens with zero attached hydrogens (tertiary/aromatic N) is 4. The Bertz CT molecular complexity index is 912. The van der Waals surface area contributed by atoms with Gasteiger partial charge in [0.1, 0.15) is 12.0 Å². The van der Waals surface area contributed by atoms with Crippen molar-refractivity contribution in [1.29, 1.82) is 0 Å². The van der Waals surface area contributed by atoms with Crippen molar-refractivity contribution in [3.8, 4) is 17.2 Å². The van der Waals surface area contributed by atoms with Gasteiger partial charge in [-0.2, -0.15) is 0 Å². The highest BCUT2D eigenvalue weighted by atomic mass is 16.3. The summed E-state index contributed by atoms with van der Waals surface area (Å²) in [5, 5.41) is 2.82. The van der Waals surface area contributed by atoms with Crippen molar-refractivity contribution >= 4 is 11.7 Å². The number of hydrogen-bond donors (Lipinski definition) is 1. The van der Waals surface area contributed by atoms with Crippen LogP contribution in [-0.2, 0) is 0 Å². The van der Waals surface area contributed by atoms with Crippen molar-refractivity contribution in [3.05, 3.63) is 48.8 Å². The lowest BCUT2D eigenvalue weighted by Crippen LogP contribution is -2.27. The number of rotatable bonds is 4. The molecule has 3 heterocycles. The molecule has 1 aliphatic rings. The summed E-state index contributed by atoms with van der Waals surface area (Å²) in [5.41, 5.74) is 2.46. The summed E-state index contributed by atoms with van der Waals surface area (Å²) in [5.74, 6) is 1.61. The fourth-order valence-electron chi connectivity index (χ4n) is 2.89. The molecule has 25 heavy (non-hydrogen) atoms. The molecule has 1 saturated heterocycles. The molecule has 0 spiro atoms. The van der Waals surface area contributed by atoms with Crippen LogP contribution in [0.3, 0.4) is 0 Å². The summed E-state index contributed by atoms with van der Waals surface area (Å²) in [6, 6.07) is 7.74. The normalized spacial score (nSPS) is 14.4. The predicted molar refractivity (Wildman–Crippen MR) is 93.9 cm³/mol. The number of urea groups is 1. The van der Waals surface area contributed by atoms with Crippen LogP contribution in [0, 0.1) is 0 Å². The topological polar surface area (TPSA) is 76.2 Å². The SMILES string of the molecule is CC(C)c1nc(-c2nccn2-c2cccc(N3CCNC3=O)c2)co1. The molecule has 7 heteroatoms. The highest BCUT2D eigenvalue weighted by Gasteiger charge is 2.22. The van der Waals surface area contributed by atoms with Crippen LogP contribution in [0.25, 0.3) is 17.2 Å². The zero-order valence-corrected chi connectivity index (χ0v) is 14.1. The van der Waals surface area contributed by atoms with Gasteiger partial charge in [0.2, 0.25) is 0 Å². The van der Waals surface area contributed by atoms with Gasteiger partial charge in [-0.3, -0.25) is 9.47 Å². The highest BCUT2D eigenvalue weighted by Crippen LogP contribution is 2.26. The Morgan fingerprint density at radius 3 is 2.84 bits per heavy atom. The van der Waals surface area contributed by atoms with E-state index >= 15 is 0 Å². The Kier molecular flexibility index (Phi) is 3.76. The molecule has 1 aliphatic heterocycles.